The number of likely N-dealkylation sites (tertiary alicyclic amines) is 1. The average Bonchev–Trinajstić information content (AvgIpc) is 2.71. The molecule has 1 fully saturated rings. The Balaban J connectivity index is 0.00000144. The van der Waals surface area contributed by atoms with Gasteiger partial charge in [0, 0.05) is 25.6 Å². The van der Waals surface area contributed by atoms with Gasteiger partial charge < -0.3 is 10.3 Å². The third-order valence-corrected chi connectivity index (χ3v) is 3.23. The number of aromatic nitrogens is 2. The molecule has 1 saturated heterocycles. The molecule has 1 aliphatic rings. The molecule has 0 aliphatic carbocycles. The number of hydrogen-bond acceptors (Lipinski definition) is 5. The molecule has 0 bridgehead atoms. The van der Waals surface area contributed by atoms with E-state index in [9.17, 15) is 0 Å². The number of nitrogens with two attached hydrogens (primary N) is 1. The number of aryl methyl sites for hydroxylation is 1. The van der Waals surface area contributed by atoms with Gasteiger partial charge in [-0.15, -0.1) is 12.4 Å². The maximum atomic E-state index is 5.98. The predicted molar refractivity (Wildman–Crippen MR) is 68.0 cm³/mol. The fourth-order valence-corrected chi connectivity index (χ4v) is 2.09. The summed E-state index contributed by atoms with van der Waals surface area (Å²) in [6.07, 6.45) is 1.86. The van der Waals surface area contributed by atoms with E-state index in [1.54, 1.807) is 0 Å². The SMILES string of the molecule is CCc1nc(CN2CCC(N)C(C)C2)no1.Cl. The first kappa shape index (κ1) is 14.4. The number of piperidine rings is 1. The van der Waals surface area contributed by atoms with Gasteiger partial charge in [-0.05, 0) is 12.3 Å². The van der Waals surface area contributed by atoms with E-state index in [1.165, 1.54) is 0 Å². The largest absolute Gasteiger partial charge is 0.339 e. The molecule has 17 heavy (non-hydrogen) atoms. The Morgan fingerprint density at radius 3 is 2.88 bits per heavy atom. The zero-order valence-corrected chi connectivity index (χ0v) is 11.2. The Labute approximate surface area is 108 Å². The summed E-state index contributed by atoms with van der Waals surface area (Å²) in [7, 11) is 0. The van der Waals surface area contributed by atoms with Crippen molar-refractivity contribution >= 4 is 12.4 Å². The van der Waals surface area contributed by atoms with E-state index in [-0.39, 0.29) is 12.4 Å². The van der Waals surface area contributed by atoms with Crippen molar-refractivity contribution in [2.24, 2.45) is 11.7 Å². The van der Waals surface area contributed by atoms with Crippen molar-refractivity contribution in [3.8, 4) is 0 Å². The summed E-state index contributed by atoms with van der Waals surface area (Å²) in [5, 5.41) is 3.97. The molecule has 0 aromatic carbocycles. The number of halogens is 1. The van der Waals surface area contributed by atoms with Gasteiger partial charge >= 0.3 is 0 Å². The minimum Gasteiger partial charge on any atom is -0.339 e. The van der Waals surface area contributed by atoms with Gasteiger partial charge in [0.2, 0.25) is 5.89 Å². The van der Waals surface area contributed by atoms with Gasteiger partial charge in [0.15, 0.2) is 5.82 Å². The van der Waals surface area contributed by atoms with E-state index in [0.29, 0.717) is 12.0 Å². The van der Waals surface area contributed by atoms with Gasteiger partial charge in [-0.3, -0.25) is 4.90 Å². The van der Waals surface area contributed by atoms with Crippen molar-refractivity contribution in [2.75, 3.05) is 13.1 Å². The van der Waals surface area contributed by atoms with Crippen LogP contribution in [-0.2, 0) is 13.0 Å². The van der Waals surface area contributed by atoms with Gasteiger partial charge in [0.1, 0.15) is 0 Å². The first-order valence-corrected chi connectivity index (χ1v) is 5.98. The van der Waals surface area contributed by atoms with Crippen LogP contribution < -0.4 is 5.73 Å². The van der Waals surface area contributed by atoms with Gasteiger partial charge in [-0.2, -0.15) is 4.98 Å². The van der Waals surface area contributed by atoms with Gasteiger partial charge in [-0.1, -0.05) is 19.0 Å². The Morgan fingerprint density at radius 2 is 2.29 bits per heavy atom. The van der Waals surface area contributed by atoms with Crippen LogP contribution in [0.15, 0.2) is 4.52 Å². The summed E-state index contributed by atoms with van der Waals surface area (Å²) in [6.45, 7) is 7.04. The third kappa shape index (κ3) is 3.66. The van der Waals surface area contributed by atoms with Crippen LogP contribution in [0.4, 0.5) is 0 Å². The molecule has 2 unspecified atom stereocenters. The number of rotatable bonds is 3. The van der Waals surface area contributed by atoms with Crippen LogP contribution in [0, 0.1) is 5.92 Å². The molecule has 98 valence electrons. The molecule has 1 aliphatic heterocycles. The van der Waals surface area contributed by atoms with Crippen LogP contribution in [-0.4, -0.2) is 34.2 Å². The molecule has 0 radical (unpaired) electrons. The number of nitrogens with zero attached hydrogens (tertiary/aromatic N) is 3. The average molecular weight is 261 g/mol. The van der Waals surface area contributed by atoms with Crippen LogP contribution in [0.1, 0.15) is 32.0 Å². The van der Waals surface area contributed by atoms with Crippen LogP contribution in [0.2, 0.25) is 0 Å². The molecule has 2 heterocycles. The summed E-state index contributed by atoms with van der Waals surface area (Å²) in [5.74, 6) is 2.06. The fourth-order valence-electron chi connectivity index (χ4n) is 2.09. The molecule has 2 N–H and O–H groups in total. The Kier molecular flexibility index (Phi) is 5.36. The summed E-state index contributed by atoms with van der Waals surface area (Å²) in [6, 6.07) is 0.340. The van der Waals surface area contributed by atoms with E-state index in [2.05, 4.69) is 22.0 Å². The lowest BCUT2D eigenvalue weighted by atomic mass is 9.95. The van der Waals surface area contributed by atoms with Crippen LogP contribution in [0.5, 0.6) is 0 Å². The maximum absolute atomic E-state index is 5.98. The van der Waals surface area contributed by atoms with Crippen LogP contribution >= 0.6 is 12.4 Å². The van der Waals surface area contributed by atoms with E-state index >= 15 is 0 Å². The highest BCUT2D eigenvalue weighted by atomic mass is 35.5. The molecule has 6 heteroatoms. The molecule has 1 aromatic rings. The van der Waals surface area contributed by atoms with Crippen LogP contribution in [0.3, 0.4) is 0 Å². The van der Waals surface area contributed by atoms with E-state index in [1.807, 2.05) is 6.92 Å². The molecule has 0 saturated carbocycles. The second kappa shape index (κ2) is 6.33. The summed E-state index contributed by atoms with van der Waals surface area (Å²) in [4.78, 5) is 6.66. The monoisotopic (exact) mass is 260 g/mol. The predicted octanol–water partition coefficient (Wildman–Crippen LogP) is 1.22. The van der Waals surface area contributed by atoms with Gasteiger partial charge in [0.05, 0.1) is 6.54 Å². The maximum Gasteiger partial charge on any atom is 0.226 e. The molecule has 2 rings (SSSR count). The zero-order valence-electron chi connectivity index (χ0n) is 10.4. The van der Waals surface area contributed by atoms with E-state index in [0.717, 1.165) is 44.2 Å². The lowest BCUT2D eigenvalue weighted by Crippen LogP contribution is -2.45. The lowest BCUT2D eigenvalue weighted by molar-refractivity contribution is 0.153. The third-order valence-electron chi connectivity index (χ3n) is 3.23. The Hall–Kier alpha value is -0.650. The van der Waals surface area contributed by atoms with Crippen molar-refractivity contribution in [1.29, 1.82) is 0 Å². The highest BCUT2D eigenvalue weighted by molar-refractivity contribution is 5.85. The summed E-state index contributed by atoms with van der Waals surface area (Å²) < 4.78 is 5.09. The first-order chi connectivity index (χ1) is 7.69. The molecule has 2 atom stereocenters. The zero-order chi connectivity index (χ0) is 11.5. The standard InChI is InChI=1S/C11H20N4O.ClH/c1-3-11-13-10(14-16-11)7-15-5-4-9(12)8(2)6-15;/h8-9H,3-7,12H2,1-2H3;1H. The Morgan fingerprint density at radius 1 is 1.53 bits per heavy atom. The molecule has 0 spiro atoms. The minimum absolute atomic E-state index is 0. The van der Waals surface area contributed by atoms with Crippen molar-refractivity contribution < 1.29 is 4.52 Å². The number of hydrogen-bond donors (Lipinski definition) is 1. The van der Waals surface area contributed by atoms with E-state index in [4.69, 9.17) is 10.3 Å². The summed E-state index contributed by atoms with van der Waals surface area (Å²) >= 11 is 0. The summed E-state index contributed by atoms with van der Waals surface area (Å²) in [5.41, 5.74) is 5.98. The van der Waals surface area contributed by atoms with Gasteiger partial charge in [-0.25, -0.2) is 0 Å². The van der Waals surface area contributed by atoms with Crippen molar-refractivity contribution in [1.82, 2.24) is 15.0 Å². The Bertz CT molecular complexity index is 344. The van der Waals surface area contributed by atoms with Crippen molar-refractivity contribution in [3.63, 3.8) is 0 Å². The first-order valence-electron chi connectivity index (χ1n) is 5.98. The van der Waals surface area contributed by atoms with Crippen molar-refractivity contribution in [2.45, 2.75) is 39.3 Å². The normalized spacial score (nSPS) is 25.6. The minimum atomic E-state index is 0. The fraction of sp³-hybridized carbons (Fsp3) is 0.818. The molecular formula is C11H21ClN4O. The second-order valence-electron chi connectivity index (χ2n) is 4.62. The molecule has 5 nitrogen and oxygen atoms in total. The quantitative estimate of drug-likeness (QED) is 0.885. The highest BCUT2D eigenvalue weighted by Crippen LogP contribution is 2.16. The second-order valence-corrected chi connectivity index (χ2v) is 4.62. The van der Waals surface area contributed by atoms with Crippen molar-refractivity contribution in [3.05, 3.63) is 11.7 Å². The lowest BCUT2D eigenvalue weighted by Gasteiger charge is -2.34. The molecular weight excluding hydrogens is 240 g/mol. The highest BCUT2D eigenvalue weighted by Gasteiger charge is 2.23. The topological polar surface area (TPSA) is 68.2 Å². The molecule has 1 aromatic heterocycles. The van der Waals surface area contributed by atoms with Crippen LogP contribution in [0.25, 0.3) is 0 Å². The smallest absolute Gasteiger partial charge is 0.226 e. The van der Waals surface area contributed by atoms with Gasteiger partial charge in [0.25, 0.3) is 0 Å². The van der Waals surface area contributed by atoms with E-state index < -0.39 is 0 Å². The molecule has 0 amide bonds.